The van der Waals surface area contributed by atoms with Crippen LogP contribution in [0.3, 0.4) is 0 Å². The van der Waals surface area contributed by atoms with Crippen molar-refractivity contribution < 1.29 is 13.2 Å². The summed E-state index contributed by atoms with van der Waals surface area (Å²) >= 11 is 0. The lowest BCUT2D eigenvalue weighted by Gasteiger charge is -2.43. The lowest BCUT2D eigenvalue weighted by Crippen LogP contribution is -2.57. The van der Waals surface area contributed by atoms with Crippen LogP contribution in [0, 0.1) is 11.6 Å². The van der Waals surface area contributed by atoms with E-state index in [2.05, 4.69) is 24.9 Å². The maximum absolute atomic E-state index is 15.7. The molecule has 1 aromatic carbocycles. The molecular formula is C28H26F3N9. The number of fused-ring (bicyclic) bond motifs is 1. The Kier molecular flexibility index (Phi) is 6.54. The van der Waals surface area contributed by atoms with E-state index in [9.17, 15) is 8.78 Å². The van der Waals surface area contributed by atoms with E-state index in [0.29, 0.717) is 54.0 Å². The van der Waals surface area contributed by atoms with Crippen molar-refractivity contribution >= 4 is 22.7 Å². The van der Waals surface area contributed by atoms with E-state index in [1.165, 1.54) is 12.4 Å². The van der Waals surface area contributed by atoms with Gasteiger partial charge in [0.2, 0.25) is 0 Å². The molecule has 0 bridgehead atoms. The number of rotatable bonds is 6. The number of hydrogen-bond donors (Lipinski definition) is 2. The Morgan fingerprint density at radius 1 is 1.00 bits per heavy atom. The van der Waals surface area contributed by atoms with Gasteiger partial charge in [-0.15, -0.1) is 0 Å². The first-order valence-corrected chi connectivity index (χ1v) is 12.8. The number of hydrogen-bond acceptors (Lipinski definition) is 8. The summed E-state index contributed by atoms with van der Waals surface area (Å²) in [6.07, 6.45) is 5.86. The molecule has 2 atom stereocenters. The van der Waals surface area contributed by atoms with Crippen LogP contribution in [0.2, 0.25) is 0 Å². The molecule has 1 aliphatic heterocycles. The molecular weight excluding hydrogens is 519 g/mol. The highest BCUT2D eigenvalue weighted by Crippen LogP contribution is 2.37. The van der Waals surface area contributed by atoms with E-state index >= 15 is 4.39 Å². The molecule has 0 radical (unpaired) electrons. The minimum absolute atomic E-state index is 0.226. The molecule has 5 heterocycles. The van der Waals surface area contributed by atoms with Crippen LogP contribution in [0.1, 0.15) is 30.3 Å². The molecule has 1 aliphatic rings. The number of nitrogen functional groups attached to an aromatic ring is 1. The van der Waals surface area contributed by atoms with Crippen molar-refractivity contribution in [1.29, 1.82) is 0 Å². The Hall–Kier alpha value is -4.58. The Labute approximate surface area is 227 Å². The number of nitrogens with zero attached hydrogens (tertiary/aromatic N) is 7. The fourth-order valence-electron chi connectivity index (χ4n) is 5.26. The van der Waals surface area contributed by atoms with E-state index in [0.717, 1.165) is 23.4 Å². The molecule has 4 aromatic heterocycles. The molecule has 0 unspecified atom stereocenters. The molecule has 5 aromatic rings. The number of nitrogens with two attached hydrogens (primary N) is 2. The van der Waals surface area contributed by atoms with Gasteiger partial charge in [-0.2, -0.15) is 0 Å². The highest BCUT2D eigenvalue weighted by Gasteiger charge is 2.41. The quantitative estimate of drug-likeness (QED) is 0.325. The summed E-state index contributed by atoms with van der Waals surface area (Å²) in [6, 6.07) is 10.6. The second-order valence-electron chi connectivity index (χ2n) is 10.0. The van der Waals surface area contributed by atoms with E-state index < -0.39 is 23.3 Å². The summed E-state index contributed by atoms with van der Waals surface area (Å²) in [5.41, 5.74) is 15.2. The summed E-state index contributed by atoms with van der Waals surface area (Å²) < 4.78 is 45.2. The van der Waals surface area contributed by atoms with Gasteiger partial charge in [-0.1, -0.05) is 6.07 Å². The molecule has 0 aliphatic carbocycles. The topological polar surface area (TPSA) is 125 Å². The highest BCUT2D eigenvalue weighted by atomic mass is 19.2. The van der Waals surface area contributed by atoms with Crippen LogP contribution in [0.25, 0.3) is 22.4 Å². The molecule has 0 spiro atoms. The van der Waals surface area contributed by atoms with Crippen LogP contribution in [-0.4, -0.2) is 48.1 Å². The summed E-state index contributed by atoms with van der Waals surface area (Å²) in [5, 5.41) is 0. The molecule has 1 saturated heterocycles. The average molecular weight is 546 g/mol. The number of imidazole rings is 1. The van der Waals surface area contributed by atoms with Gasteiger partial charge in [0, 0.05) is 24.8 Å². The second kappa shape index (κ2) is 10.2. The molecule has 6 rings (SSSR count). The second-order valence-corrected chi connectivity index (χ2v) is 10.0. The fraction of sp³-hybridized carbons (Fsp3) is 0.250. The largest absolute Gasteiger partial charge is 0.382 e. The van der Waals surface area contributed by atoms with Gasteiger partial charge in [-0.25, -0.2) is 28.1 Å². The smallest absolute Gasteiger partial charge is 0.165 e. The maximum atomic E-state index is 15.7. The summed E-state index contributed by atoms with van der Waals surface area (Å²) in [6.45, 7) is 1.16. The molecule has 0 saturated carbocycles. The minimum Gasteiger partial charge on any atom is -0.382 e. The van der Waals surface area contributed by atoms with Crippen molar-refractivity contribution in [2.45, 2.75) is 31.1 Å². The average Bonchev–Trinajstić information content (AvgIpc) is 3.38. The normalized spacial score (nSPS) is 18.2. The van der Waals surface area contributed by atoms with Gasteiger partial charge >= 0.3 is 0 Å². The zero-order valence-electron chi connectivity index (χ0n) is 21.4. The van der Waals surface area contributed by atoms with Gasteiger partial charge in [-0.05, 0) is 54.8 Å². The first-order valence-electron chi connectivity index (χ1n) is 12.8. The third kappa shape index (κ3) is 4.70. The summed E-state index contributed by atoms with van der Waals surface area (Å²) in [4.78, 5) is 23.4. The SMILES string of the molecule is Nc1ncnc2c1ncn2Cc1cc(-c2ccc(F)c(F)c2)ncc1N1CCC[C@](N)([C@H](F)c2ccccn2)C1. The molecule has 4 N–H and O–H groups in total. The third-order valence-electron chi connectivity index (χ3n) is 7.30. The Bertz CT molecular complexity index is 1680. The maximum Gasteiger partial charge on any atom is 0.165 e. The number of pyridine rings is 2. The van der Waals surface area contributed by atoms with Gasteiger partial charge in [0.1, 0.15) is 11.8 Å². The van der Waals surface area contributed by atoms with Crippen LogP contribution in [0.15, 0.2) is 67.5 Å². The van der Waals surface area contributed by atoms with Gasteiger partial charge < -0.3 is 20.9 Å². The minimum atomic E-state index is -1.47. The number of anilines is 2. The van der Waals surface area contributed by atoms with Crippen molar-refractivity contribution in [3.05, 3.63) is 90.4 Å². The molecule has 1 fully saturated rings. The van der Waals surface area contributed by atoms with E-state index in [1.807, 2.05) is 9.47 Å². The van der Waals surface area contributed by atoms with Crippen molar-refractivity contribution in [3.8, 4) is 11.3 Å². The van der Waals surface area contributed by atoms with Crippen molar-refractivity contribution in [2.75, 3.05) is 23.7 Å². The molecule has 204 valence electrons. The number of aromatic nitrogens is 6. The monoisotopic (exact) mass is 545 g/mol. The molecule has 9 nitrogen and oxygen atoms in total. The first kappa shape index (κ1) is 25.7. The lowest BCUT2D eigenvalue weighted by molar-refractivity contribution is 0.162. The Balaban J connectivity index is 1.40. The van der Waals surface area contributed by atoms with E-state index in [1.54, 1.807) is 43.0 Å². The van der Waals surface area contributed by atoms with Crippen LogP contribution < -0.4 is 16.4 Å². The molecule has 0 amide bonds. The highest BCUT2D eigenvalue weighted by molar-refractivity contribution is 5.81. The van der Waals surface area contributed by atoms with Crippen LogP contribution in [0.5, 0.6) is 0 Å². The van der Waals surface area contributed by atoms with Crippen LogP contribution >= 0.6 is 0 Å². The number of piperidine rings is 1. The van der Waals surface area contributed by atoms with Crippen LogP contribution in [0.4, 0.5) is 24.7 Å². The number of alkyl halides is 1. The molecule has 12 heteroatoms. The predicted molar refractivity (Wildman–Crippen MR) is 145 cm³/mol. The molecule has 40 heavy (non-hydrogen) atoms. The third-order valence-corrected chi connectivity index (χ3v) is 7.30. The Morgan fingerprint density at radius 2 is 1.88 bits per heavy atom. The lowest BCUT2D eigenvalue weighted by atomic mass is 9.83. The van der Waals surface area contributed by atoms with Gasteiger partial charge in [0.25, 0.3) is 0 Å². The zero-order valence-corrected chi connectivity index (χ0v) is 21.4. The zero-order chi connectivity index (χ0) is 27.9. The van der Waals surface area contributed by atoms with Gasteiger partial charge in [0.05, 0.1) is 41.7 Å². The predicted octanol–water partition coefficient (Wildman–Crippen LogP) is 4.20. The van der Waals surface area contributed by atoms with E-state index in [4.69, 9.17) is 11.5 Å². The Morgan fingerprint density at radius 3 is 2.67 bits per heavy atom. The van der Waals surface area contributed by atoms with Gasteiger partial charge in [-0.3, -0.25) is 9.97 Å². The van der Waals surface area contributed by atoms with Crippen LogP contribution in [-0.2, 0) is 6.54 Å². The number of halogens is 3. The van der Waals surface area contributed by atoms with Crippen molar-refractivity contribution in [1.82, 2.24) is 29.5 Å². The van der Waals surface area contributed by atoms with E-state index in [-0.39, 0.29) is 12.4 Å². The first-order chi connectivity index (χ1) is 19.3. The van der Waals surface area contributed by atoms with Crippen molar-refractivity contribution in [2.24, 2.45) is 5.73 Å². The van der Waals surface area contributed by atoms with Gasteiger partial charge in [0.15, 0.2) is 29.3 Å². The number of benzene rings is 1. The fourth-order valence-corrected chi connectivity index (χ4v) is 5.26. The summed E-state index contributed by atoms with van der Waals surface area (Å²) in [7, 11) is 0. The van der Waals surface area contributed by atoms with Crippen molar-refractivity contribution in [3.63, 3.8) is 0 Å². The summed E-state index contributed by atoms with van der Waals surface area (Å²) in [5.74, 6) is -1.65. The standard InChI is InChI=1S/C28H26F3N9/c29-19-6-5-17(10-20(19)30)22-11-18(13-40-16-38-24-26(32)36-15-37-27(24)40)23(12-35-22)39-9-3-7-28(33,14-39)25(31)21-4-1-2-8-34-21/h1-2,4-6,8,10-12,15-16,25H,3,7,9,13-14,33H2,(H2,32,36,37)/t25-,28-/m1/s1.